The molecule has 1 amide bonds. The van der Waals surface area contributed by atoms with E-state index in [2.05, 4.69) is 5.32 Å². The third-order valence-electron chi connectivity index (χ3n) is 5.09. The molecule has 4 rings (SSSR count). The van der Waals surface area contributed by atoms with Crippen LogP contribution in [-0.2, 0) is 9.47 Å². The highest BCUT2D eigenvalue weighted by Crippen LogP contribution is 2.34. The Balaban J connectivity index is 1.51. The molecule has 6 nitrogen and oxygen atoms in total. The van der Waals surface area contributed by atoms with Crippen molar-refractivity contribution >= 4 is 16.9 Å². The summed E-state index contributed by atoms with van der Waals surface area (Å²) in [6, 6.07) is 8.21. The van der Waals surface area contributed by atoms with Gasteiger partial charge in [-0.15, -0.1) is 0 Å². The van der Waals surface area contributed by atoms with Crippen LogP contribution in [0.3, 0.4) is 0 Å². The first-order valence-corrected chi connectivity index (χ1v) is 8.71. The maximum atomic E-state index is 12.6. The number of rotatable bonds is 2. The predicted octanol–water partition coefficient (Wildman–Crippen LogP) is 2.25. The van der Waals surface area contributed by atoms with Gasteiger partial charge in [-0.25, -0.2) is 0 Å². The lowest BCUT2D eigenvalue weighted by atomic mass is 9.84. The molecule has 2 fully saturated rings. The molecule has 0 aliphatic carbocycles. The van der Waals surface area contributed by atoms with Crippen LogP contribution in [0.4, 0.5) is 0 Å². The van der Waals surface area contributed by atoms with E-state index in [0.717, 1.165) is 25.7 Å². The first kappa shape index (κ1) is 16.3. The number of fused-ring (bicyclic) bond motifs is 1. The topological polar surface area (TPSA) is 77.8 Å². The second kappa shape index (κ2) is 6.61. The van der Waals surface area contributed by atoms with Gasteiger partial charge in [0.1, 0.15) is 5.58 Å². The van der Waals surface area contributed by atoms with Gasteiger partial charge in [-0.2, -0.15) is 0 Å². The van der Waals surface area contributed by atoms with Gasteiger partial charge in [-0.05, 0) is 37.8 Å². The highest BCUT2D eigenvalue weighted by molar-refractivity contribution is 5.93. The van der Waals surface area contributed by atoms with Crippen molar-refractivity contribution in [3.8, 4) is 0 Å². The molecule has 2 aliphatic rings. The van der Waals surface area contributed by atoms with E-state index in [0.29, 0.717) is 30.8 Å². The summed E-state index contributed by atoms with van der Waals surface area (Å²) in [6.07, 6.45) is 3.22. The summed E-state index contributed by atoms with van der Waals surface area (Å²) in [6.45, 7) is 2.01. The summed E-state index contributed by atoms with van der Waals surface area (Å²) in [5.74, 6) is -0.298. The SMILES string of the molecule is O=C(NC1CCOC2(CCOCC2)C1)c1cc(=O)c2ccccc2o1. The molecule has 25 heavy (non-hydrogen) atoms. The van der Waals surface area contributed by atoms with Crippen LogP contribution in [0.15, 0.2) is 39.5 Å². The van der Waals surface area contributed by atoms with Crippen LogP contribution in [0.2, 0.25) is 0 Å². The van der Waals surface area contributed by atoms with Crippen LogP contribution < -0.4 is 10.7 Å². The Labute approximate surface area is 145 Å². The fourth-order valence-electron chi connectivity index (χ4n) is 3.72. The summed E-state index contributed by atoms with van der Waals surface area (Å²) < 4.78 is 17.0. The molecule has 0 radical (unpaired) electrons. The summed E-state index contributed by atoms with van der Waals surface area (Å²) >= 11 is 0. The van der Waals surface area contributed by atoms with Crippen molar-refractivity contribution in [3.63, 3.8) is 0 Å². The van der Waals surface area contributed by atoms with Crippen molar-refractivity contribution in [2.45, 2.75) is 37.3 Å². The molecule has 2 saturated heterocycles. The first-order chi connectivity index (χ1) is 12.2. The molecule has 0 bridgehead atoms. The third-order valence-corrected chi connectivity index (χ3v) is 5.09. The number of carbonyl (C=O) groups is 1. The molecule has 2 aliphatic heterocycles. The Morgan fingerprint density at radius 3 is 2.80 bits per heavy atom. The molecule has 1 atom stereocenters. The van der Waals surface area contributed by atoms with Crippen molar-refractivity contribution in [1.82, 2.24) is 5.32 Å². The Morgan fingerprint density at radius 2 is 1.96 bits per heavy atom. The minimum atomic E-state index is -0.350. The first-order valence-electron chi connectivity index (χ1n) is 8.71. The van der Waals surface area contributed by atoms with E-state index in [1.54, 1.807) is 24.3 Å². The number of carbonyl (C=O) groups excluding carboxylic acids is 1. The smallest absolute Gasteiger partial charge is 0.287 e. The van der Waals surface area contributed by atoms with Gasteiger partial charge in [0.15, 0.2) is 11.2 Å². The third kappa shape index (κ3) is 3.32. The summed E-state index contributed by atoms with van der Waals surface area (Å²) in [5, 5.41) is 3.48. The molecule has 1 unspecified atom stereocenters. The van der Waals surface area contributed by atoms with Crippen LogP contribution >= 0.6 is 0 Å². The quantitative estimate of drug-likeness (QED) is 0.905. The van der Waals surface area contributed by atoms with E-state index in [1.807, 2.05) is 0 Å². The van der Waals surface area contributed by atoms with Gasteiger partial charge in [0.2, 0.25) is 0 Å². The predicted molar refractivity (Wildman–Crippen MR) is 91.7 cm³/mol. The van der Waals surface area contributed by atoms with Crippen molar-refractivity contribution in [2.24, 2.45) is 0 Å². The van der Waals surface area contributed by atoms with Gasteiger partial charge >= 0.3 is 0 Å². The summed E-state index contributed by atoms with van der Waals surface area (Å²) in [5.41, 5.74) is 0.0199. The van der Waals surface area contributed by atoms with Gasteiger partial charge in [0.05, 0.1) is 11.0 Å². The van der Waals surface area contributed by atoms with E-state index < -0.39 is 0 Å². The molecule has 1 aromatic heterocycles. The van der Waals surface area contributed by atoms with E-state index in [4.69, 9.17) is 13.9 Å². The molecule has 1 spiro atoms. The van der Waals surface area contributed by atoms with Crippen LogP contribution in [0.25, 0.3) is 11.0 Å². The highest BCUT2D eigenvalue weighted by atomic mass is 16.5. The van der Waals surface area contributed by atoms with E-state index in [9.17, 15) is 9.59 Å². The van der Waals surface area contributed by atoms with Gasteiger partial charge in [-0.3, -0.25) is 9.59 Å². The maximum Gasteiger partial charge on any atom is 0.287 e. The van der Waals surface area contributed by atoms with Crippen LogP contribution in [-0.4, -0.2) is 37.4 Å². The largest absolute Gasteiger partial charge is 0.451 e. The number of hydrogen-bond acceptors (Lipinski definition) is 5. The lowest BCUT2D eigenvalue weighted by molar-refractivity contribution is -0.139. The zero-order valence-corrected chi connectivity index (χ0v) is 14.0. The molecule has 2 aromatic rings. The average Bonchev–Trinajstić information content (AvgIpc) is 2.62. The molecule has 3 heterocycles. The Hall–Kier alpha value is -2.18. The van der Waals surface area contributed by atoms with Crippen LogP contribution in [0.5, 0.6) is 0 Å². The molecule has 0 saturated carbocycles. The van der Waals surface area contributed by atoms with Crippen molar-refractivity contribution in [3.05, 3.63) is 46.3 Å². The minimum absolute atomic E-state index is 0.0103. The van der Waals surface area contributed by atoms with Crippen molar-refractivity contribution < 1.29 is 18.7 Å². The van der Waals surface area contributed by atoms with Crippen molar-refractivity contribution in [1.29, 1.82) is 0 Å². The zero-order chi connectivity index (χ0) is 17.3. The van der Waals surface area contributed by atoms with Gasteiger partial charge < -0.3 is 19.2 Å². The van der Waals surface area contributed by atoms with Crippen LogP contribution in [0, 0.1) is 0 Å². The minimum Gasteiger partial charge on any atom is -0.451 e. The fraction of sp³-hybridized carbons (Fsp3) is 0.474. The fourth-order valence-corrected chi connectivity index (χ4v) is 3.72. The lowest BCUT2D eigenvalue weighted by Gasteiger charge is -2.43. The standard InChI is InChI=1S/C19H21NO5/c21-15-11-17(25-16-4-2-1-3-14(15)16)18(22)20-13-5-8-24-19(12-13)6-9-23-10-7-19/h1-4,11,13H,5-10,12H2,(H,20,22). The molecular formula is C19H21NO5. The van der Waals surface area contributed by atoms with E-state index in [-0.39, 0.29) is 28.7 Å². The number of nitrogens with one attached hydrogen (secondary N) is 1. The Bertz CT molecular complexity index is 832. The Kier molecular flexibility index (Phi) is 4.31. The number of ether oxygens (including phenoxy) is 2. The maximum absolute atomic E-state index is 12.6. The zero-order valence-electron chi connectivity index (χ0n) is 14.0. The Morgan fingerprint density at radius 1 is 1.16 bits per heavy atom. The second-order valence-electron chi connectivity index (χ2n) is 6.78. The van der Waals surface area contributed by atoms with Gasteiger partial charge in [0.25, 0.3) is 5.91 Å². The second-order valence-corrected chi connectivity index (χ2v) is 6.78. The highest BCUT2D eigenvalue weighted by Gasteiger charge is 2.39. The monoisotopic (exact) mass is 343 g/mol. The number of amides is 1. The van der Waals surface area contributed by atoms with Gasteiger partial charge in [-0.1, -0.05) is 12.1 Å². The number of hydrogen-bond donors (Lipinski definition) is 1. The molecule has 1 N–H and O–H groups in total. The summed E-state index contributed by atoms with van der Waals surface area (Å²) in [7, 11) is 0. The van der Waals surface area contributed by atoms with Crippen molar-refractivity contribution in [2.75, 3.05) is 19.8 Å². The number of para-hydroxylation sites is 1. The normalized spacial score (nSPS) is 22.8. The molecule has 132 valence electrons. The molecule has 1 aromatic carbocycles. The summed E-state index contributed by atoms with van der Waals surface area (Å²) in [4.78, 5) is 24.7. The number of benzene rings is 1. The van der Waals surface area contributed by atoms with Crippen LogP contribution in [0.1, 0.15) is 36.2 Å². The molecule has 6 heteroatoms. The van der Waals surface area contributed by atoms with Gasteiger partial charge in [0, 0.05) is 31.9 Å². The van der Waals surface area contributed by atoms with E-state index >= 15 is 0 Å². The van der Waals surface area contributed by atoms with E-state index in [1.165, 1.54) is 6.07 Å². The molecular weight excluding hydrogens is 322 g/mol. The average molecular weight is 343 g/mol. The lowest BCUT2D eigenvalue weighted by Crippen LogP contribution is -2.51.